The van der Waals surface area contributed by atoms with Crippen molar-refractivity contribution < 1.29 is 9.47 Å². The fourth-order valence-corrected chi connectivity index (χ4v) is 1.53. The van der Waals surface area contributed by atoms with E-state index in [1.165, 1.54) is 0 Å². The summed E-state index contributed by atoms with van der Waals surface area (Å²) in [6, 6.07) is 3.98. The Morgan fingerprint density at radius 3 is 2.06 bits per heavy atom. The van der Waals surface area contributed by atoms with Crippen LogP contribution in [-0.4, -0.2) is 20.8 Å². The molecule has 1 aromatic carbocycles. The second-order valence-electron chi connectivity index (χ2n) is 5.44. The van der Waals surface area contributed by atoms with E-state index in [0.717, 1.165) is 29.3 Å². The Morgan fingerprint density at radius 1 is 1.06 bits per heavy atom. The first-order valence-corrected chi connectivity index (χ1v) is 5.84. The van der Waals surface area contributed by atoms with E-state index in [4.69, 9.17) is 9.47 Å². The molecule has 0 atom stereocenters. The van der Waals surface area contributed by atoms with Crippen molar-refractivity contribution in [2.45, 2.75) is 27.7 Å². The van der Waals surface area contributed by atoms with Crippen molar-refractivity contribution in [3.8, 4) is 11.5 Å². The molecule has 0 bridgehead atoms. The van der Waals surface area contributed by atoms with E-state index >= 15 is 0 Å². The van der Waals surface area contributed by atoms with E-state index in [1.54, 1.807) is 14.2 Å². The van der Waals surface area contributed by atoms with E-state index in [1.807, 2.05) is 12.1 Å². The zero-order valence-electron chi connectivity index (χ0n) is 11.7. The first-order chi connectivity index (χ1) is 7.87. The lowest BCUT2D eigenvalue weighted by Gasteiger charge is -2.21. The van der Waals surface area contributed by atoms with Gasteiger partial charge in [-0.1, -0.05) is 20.8 Å². The number of rotatable bonds is 4. The maximum Gasteiger partial charge on any atom is 0.162 e. The fraction of sp³-hybridized carbons (Fsp3) is 0.571. The van der Waals surface area contributed by atoms with Crippen molar-refractivity contribution in [1.29, 1.82) is 0 Å². The van der Waals surface area contributed by atoms with Crippen molar-refractivity contribution in [3.63, 3.8) is 0 Å². The van der Waals surface area contributed by atoms with Crippen LogP contribution in [0.15, 0.2) is 12.1 Å². The van der Waals surface area contributed by atoms with Crippen molar-refractivity contribution >= 4 is 5.69 Å². The molecule has 1 N–H and O–H groups in total. The Labute approximate surface area is 104 Å². The van der Waals surface area contributed by atoms with E-state index in [-0.39, 0.29) is 5.41 Å². The number of aryl methyl sites for hydroxylation is 1. The summed E-state index contributed by atoms with van der Waals surface area (Å²) in [6.45, 7) is 9.60. The van der Waals surface area contributed by atoms with Gasteiger partial charge in [-0.2, -0.15) is 0 Å². The van der Waals surface area contributed by atoms with Crippen LogP contribution in [0.25, 0.3) is 0 Å². The Bertz CT molecular complexity index is 381. The van der Waals surface area contributed by atoms with Gasteiger partial charge in [0.15, 0.2) is 11.5 Å². The molecule has 0 aromatic heterocycles. The van der Waals surface area contributed by atoms with Gasteiger partial charge >= 0.3 is 0 Å². The minimum absolute atomic E-state index is 0.250. The minimum Gasteiger partial charge on any atom is -0.493 e. The van der Waals surface area contributed by atoms with E-state index in [0.29, 0.717) is 0 Å². The molecule has 0 radical (unpaired) electrons. The number of nitrogens with one attached hydrogen (secondary N) is 1. The standard InChI is InChI=1S/C14H23NO2/c1-10-7-12(16-5)13(17-6)8-11(10)15-9-14(2,3)4/h7-8,15H,9H2,1-6H3. The average molecular weight is 237 g/mol. The molecule has 0 fully saturated rings. The highest BCUT2D eigenvalue weighted by Gasteiger charge is 2.12. The normalized spacial score (nSPS) is 11.2. The lowest BCUT2D eigenvalue weighted by molar-refractivity contribution is 0.355. The Kier molecular flexibility index (Phi) is 4.27. The molecule has 3 nitrogen and oxygen atoms in total. The van der Waals surface area contributed by atoms with Gasteiger partial charge in [-0.25, -0.2) is 0 Å². The lowest BCUT2D eigenvalue weighted by atomic mass is 9.96. The molecule has 0 amide bonds. The average Bonchev–Trinajstić information content (AvgIpc) is 2.25. The van der Waals surface area contributed by atoms with Crippen molar-refractivity contribution in [1.82, 2.24) is 0 Å². The maximum atomic E-state index is 5.30. The largest absolute Gasteiger partial charge is 0.493 e. The van der Waals surface area contributed by atoms with E-state index in [9.17, 15) is 0 Å². The molecule has 0 aliphatic rings. The summed E-state index contributed by atoms with van der Waals surface area (Å²) >= 11 is 0. The van der Waals surface area contributed by atoms with Crippen LogP contribution in [0.4, 0.5) is 5.69 Å². The van der Waals surface area contributed by atoms with Gasteiger partial charge in [-0.05, 0) is 24.0 Å². The van der Waals surface area contributed by atoms with Gasteiger partial charge in [0.05, 0.1) is 14.2 Å². The van der Waals surface area contributed by atoms with E-state index in [2.05, 4.69) is 33.0 Å². The second-order valence-corrected chi connectivity index (χ2v) is 5.44. The maximum absolute atomic E-state index is 5.30. The zero-order chi connectivity index (χ0) is 13.1. The van der Waals surface area contributed by atoms with Crippen LogP contribution >= 0.6 is 0 Å². The first kappa shape index (κ1) is 13.7. The van der Waals surface area contributed by atoms with Crippen LogP contribution in [0.3, 0.4) is 0 Å². The molecule has 17 heavy (non-hydrogen) atoms. The summed E-state index contributed by atoms with van der Waals surface area (Å²) in [4.78, 5) is 0. The molecule has 0 spiro atoms. The number of benzene rings is 1. The predicted molar refractivity (Wildman–Crippen MR) is 72.2 cm³/mol. The van der Waals surface area contributed by atoms with Gasteiger partial charge < -0.3 is 14.8 Å². The van der Waals surface area contributed by atoms with Gasteiger partial charge in [0.25, 0.3) is 0 Å². The third-order valence-electron chi connectivity index (χ3n) is 2.54. The van der Waals surface area contributed by atoms with Gasteiger partial charge in [0, 0.05) is 18.3 Å². The molecule has 0 saturated heterocycles. The molecule has 0 heterocycles. The third kappa shape index (κ3) is 3.84. The van der Waals surface area contributed by atoms with Crippen LogP contribution in [0.5, 0.6) is 11.5 Å². The quantitative estimate of drug-likeness (QED) is 0.869. The molecule has 1 aromatic rings. The molecule has 0 saturated carbocycles. The molecular weight excluding hydrogens is 214 g/mol. The molecule has 96 valence electrons. The van der Waals surface area contributed by atoms with Crippen LogP contribution in [0.2, 0.25) is 0 Å². The lowest BCUT2D eigenvalue weighted by Crippen LogP contribution is -2.19. The predicted octanol–water partition coefficient (Wildman–Crippen LogP) is 3.47. The molecular formula is C14H23NO2. The zero-order valence-corrected chi connectivity index (χ0v) is 11.7. The van der Waals surface area contributed by atoms with Crippen LogP contribution in [0.1, 0.15) is 26.3 Å². The van der Waals surface area contributed by atoms with Crippen molar-refractivity contribution in [3.05, 3.63) is 17.7 Å². The highest BCUT2D eigenvalue weighted by Crippen LogP contribution is 2.33. The van der Waals surface area contributed by atoms with Gasteiger partial charge in [0.2, 0.25) is 0 Å². The smallest absolute Gasteiger partial charge is 0.162 e. The minimum atomic E-state index is 0.250. The highest BCUT2D eigenvalue weighted by atomic mass is 16.5. The van der Waals surface area contributed by atoms with Crippen molar-refractivity contribution in [2.24, 2.45) is 5.41 Å². The Morgan fingerprint density at radius 2 is 1.59 bits per heavy atom. The monoisotopic (exact) mass is 237 g/mol. The first-order valence-electron chi connectivity index (χ1n) is 5.84. The van der Waals surface area contributed by atoms with Crippen LogP contribution in [0, 0.1) is 12.3 Å². The summed E-state index contributed by atoms with van der Waals surface area (Å²) in [7, 11) is 3.31. The van der Waals surface area contributed by atoms with E-state index < -0.39 is 0 Å². The number of ether oxygens (including phenoxy) is 2. The summed E-state index contributed by atoms with van der Waals surface area (Å²) in [5.41, 5.74) is 2.50. The highest BCUT2D eigenvalue weighted by molar-refractivity contribution is 5.60. The second kappa shape index (κ2) is 5.30. The SMILES string of the molecule is COc1cc(C)c(NCC(C)(C)C)cc1OC. The van der Waals surface area contributed by atoms with Gasteiger partial charge in [0.1, 0.15) is 0 Å². The fourth-order valence-electron chi connectivity index (χ4n) is 1.53. The Balaban J connectivity index is 2.93. The van der Waals surface area contributed by atoms with Gasteiger partial charge in [-0.15, -0.1) is 0 Å². The van der Waals surface area contributed by atoms with Gasteiger partial charge in [-0.3, -0.25) is 0 Å². The Hall–Kier alpha value is -1.38. The third-order valence-corrected chi connectivity index (χ3v) is 2.54. The molecule has 1 rings (SSSR count). The molecule has 3 heteroatoms. The number of hydrogen-bond donors (Lipinski definition) is 1. The molecule has 0 unspecified atom stereocenters. The number of methoxy groups -OCH3 is 2. The van der Waals surface area contributed by atoms with Crippen molar-refractivity contribution in [2.75, 3.05) is 26.1 Å². The molecule has 0 aliphatic carbocycles. The summed E-state index contributed by atoms with van der Waals surface area (Å²) in [6.07, 6.45) is 0. The number of hydrogen-bond acceptors (Lipinski definition) is 3. The van der Waals surface area contributed by atoms with Crippen LogP contribution in [-0.2, 0) is 0 Å². The summed E-state index contributed by atoms with van der Waals surface area (Å²) < 4.78 is 10.6. The summed E-state index contributed by atoms with van der Waals surface area (Å²) in [5.74, 6) is 1.53. The topological polar surface area (TPSA) is 30.5 Å². The van der Waals surface area contributed by atoms with Crippen LogP contribution < -0.4 is 14.8 Å². The molecule has 0 aliphatic heterocycles. The number of anilines is 1. The summed E-state index contributed by atoms with van der Waals surface area (Å²) in [5, 5.41) is 3.44.